The summed E-state index contributed by atoms with van der Waals surface area (Å²) in [7, 11) is 0. The Morgan fingerprint density at radius 1 is 1.00 bits per heavy atom. The smallest absolute Gasteiger partial charge is 0.341 e. The lowest BCUT2D eigenvalue weighted by Crippen LogP contribution is -2.37. The molecule has 3 atom stereocenters. The van der Waals surface area contributed by atoms with Gasteiger partial charge in [-0.15, -0.1) is 0 Å². The largest absolute Gasteiger partial charge is 0.489 e. The minimum atomic E-state index is -0.986. The highest BCUT2D eigenvalue weighted by molar-refractivity contribution is 5.86. The van der Waals surface area contributed by atoms with Crippen LogP contribution < -0.4 is 14.8 Å². The highest BCUT2D eigenvalue weighted by Crippen LogP contribution is 2.40. The molecule has 0 saturated carbocycles. The van der Waals surface area contributed by atoms with Crippen molar-refractivity contribution in [3.8, 4) is 11.5 Å². The zero-order chi connectivity index (χ0) is 24.2. The molecule has 0 saturated heterocycles. The molecular weight excluding hydrogens is 438 g/mol. The number of hydrogen-bond donors (Lipinski definition) is 2. The Balaban J connectivity index is 1.32. The second-order valence-corrected chi connectivity index (χ2v) is 9.02. The van der Waals surface area contributed by atoms with Crippen molar-refractivity contribution in [3.63, 3.8) is 0 Å². The summed E-state index contributed by atoms with van der Waals surface area (Å²) in [5.41, 5.74) is 3.62. The van der Waals surface area contributed by atoms with E-state index in [1.807, 2.05) is 42.5 Å². The van der Waals surface area contributed by atoms with Gasteiger partial charge in [-0.25, -0.2) is 4.79 Å². The van der Waals surface area contributed by atoms with Crippen molar-refractivity contribution in [2.24, 2.45) is 0 Å². The number of fused-ring (bicyclic) bond motifs is 2. The van der Waals surface area contributed by atoms with Crippen molar-refractivity contribution in [2.45, 2.75) is 31.4 Å². The van der Waals surface area contributed by atoms with Gasteiger partial charge < -0.3 is 19.9 Å². The van der Waals surface area contributed by atoms with Crippen LogP contribution in [0.15, 0.2) is 91.0 Å². The van der Waals surface area contributed by atoms with Crippen LogP contribution in [0.3, 0.4) is 0 Å². The Bertz CT molecular complexity index is 1310. The number of aliphatic carboxylic acids is 1. The average molecular weight is 468 g/mol. The second-order valence-electron chi connectivity index (χ2n) is 9.02. The lowest BCUT2D eigenvalue weighted by molar-refractivity contribution is -0.139. The number of benzene rings is 4. The van der Waals surface area contributed by atoms with E-state index in [1.165, 1.54) is 21.9 Å². The minimum absolute atomic E-state index is 0.0234. The van der Waals surface area contributed by atoms with Gasteiger partial charge in [0.2, 0.25) is 0 Å². The Kier molecular flexibility index (Phi) is 6.68. The zero-order valence-corrected chi connectivity index (χ0v) is 19.7. The summed E-state index contributed by atoms with van der Waals surface area (Å²) >= 11 is 0. The van der Waals surface area contributed by atoms with Crippen LogP contribution in [0.5, 0.6) is 11.5 Å². The van der Waals surface area contributed by atoms with Gasteiger partial charge in [-0.05, 0) is 53.4 Å². The van der Waals surface area contributed by atoms with Crippen molar-refractivity contribution < 1.29 is 19.4 Å². The van der Waals surface area contributed by atoms with Crippen molar-refractivity contribution in [1.82, 2.24) is 5.32 Å². The van der Waals surface area contributed by atoms with Crippen LogP contribution in [0.1, 0.15) is 42.0 Å². The number of para-hydroxylation sites is 1. The van der Waals surface area contributed by atoms with E-state index in [0.29, 0.717) is 5.75 Å². The Morgan fingerprint density at radius 3 is 2.57 bits per heavy atom. The van der Waals surface area contributed by atoms with Crippen LogP contribution in [-0.2, 0) is 4.79 Å². The van der Waals surface area contributed by atoms with E-state index in [1.54, 1.807) is 0 Å². The molecule has 1 heterocycles. The van der Waals surface area contributed by atoms with Gasteiger partial charge >= 0.3 is 5.97 Å². The van der Waals surface area contributed by atoms with Crippen LogP contribution in [0.4, 0.5) is 0 Å². The molecule has 0 bridgehead atoms. The van der Waals surface area contributed by atoms with E-state index in [0.717, 1.165) is 24.3 Å². The molecule has 5 heteroatoms. The molecule has 0 aliphatic carbocycles. The first kappa shape index (κ1) is 22.9. The van der Waals surface area contributed by atoms with E-state index in [-0.39, 0.29) is 24.7 Å². The van der Waals surface area contributed by atoms with E-state index >= 15 is 0 Å². The summed E-state index contributed by atoms with van der Waals surface area (Å²) < 4.78 is 11.7. The van der Waals surface area contributed by atoms with E-state index < -0.39 is 5.97 Å². The fraction of sp³-hybridized carbons (Fsp3) is 0.233. The van der Waals surface area contributed by atoms with Gasteiger partial charge in [0.05, 0.1) is 0 Å². The number of nitrogens with one attached hydrogen (secondary N) is 1. The first-order valence-corrected chi connectivity index (χ1v) is 12.0. The molecule has 0 spiro atoms. The van der Waals surface area contributed by atoms with Gasteiger partial charge in [0.15, 0.2) is 6.61 Å². The molecule has 1 aliphatic heterocycles. The first-order chi connectivity index (χ1) is 17.1. The highest BCUT2D eigenvalue weighted by atomic mass is 16.5. The molecule has 0 fully saturated rings. The molecule has 35 heavy (non-hydrogen) atoms. The lowest BCUT2D eigenvalue weighted by Gasteiger charge is -2.33. The number of rotatable bonds is 8. The number of carboxylic acid groups (broad SMARTS) is 1. The van der Waals surface area contributed by atoms with Crippen LogP contribution in [0.2, 0.25) is 0 Å². The molecule has 2 N–H and O–H groups in total. The maximum absolute atomic E-state index is 10.8. The van der Waals surface area contributed by atoms with E-state index in [9.17, 15) is 4.79 Å². The van der Waals surface area contributed by atoms with Crippen LogP contribution >= 0.6 is 0 Å². The maximum atomic E-state index is 10.8. The summed E-state index contributed by atoms with van der Waals surface area (Å²) in [5.74, 6) is 0.673. The Morgan fingerprint density at radius 2 is 1.74 bits per heavy atom. The first-order valence-electron chi connectivity index (χ1n) is 12.0. The summed E-state index contributed by atoms with van der Waals surface area (Å²) in [4.78, 5) is 10.8. The predicted octanol–water partition coefficient (Wildman–Crippen LogP) is 5.94. The van der Waals surface area contributed by atoms with Crippen LogP contribution in [0, 0.1) is 0 Å². The highest BCUT2D eigenvalue weighted by Gasteiger charge is 2.29. The van der Waals surface area contributed by atoms with Gasteiger partial charge in [-0.3, -0.25) is 0 Å². The molecule has 178 valence electrons. The van der Waals surface area contributed by atoms with Gasteiger partial charge in [0.25, 0.3) is 0 Å². The van der Waals surface area contributed by atoms with Gasteiger partial charge in [0, 0.05) is 24.1 Å². The van der Waals surface area contributed by atoms with Crippen LogP contribution in [-0.4, -0.2) is 30.3 Å². The van der Waals surface area contributed by atoms with Gasteiger partial charge in [-0.2, -0.15) is 0 Å². The second kappa shape index (κ2) is 10.2. The standard InChI is InChI=1S/C30H29NO4/c1-20(25-11-6-8-21-7-2-3-9-26(21)25)31-18-24-17-28(27-10-4-5-12-29(27)35-24)22-13-15-23(16-14-22)34-19-30(32)33/h2-16,20,24,28,31H,17-19H2,1H3,(H,32,33)/t20?,24-,28+/m0/s1. The normalized spacial score (nSPS) is 17.9. The lowest BCUT2D eigenvalue weighted by atomic mass is 9.84. The van der Waals surface area contributed by atoms with Gasteiger partial charge in [0.1, 0.15) is 17.6 Å². The molecule has 5 nitrogen and oxygen atoms in total. The quantitative estimate of drug-likeness (QED) is 0.336. The number of hydrogen-bond acceptors (Lipinski definition) is 4. The summed E-state index contributed by atoms with van der Waals surface area (Å²) in [6, 6.07) is 31.0. The van der Waals surface area contributed by atoms with E-state index in [4.69, 9.17) is 14.6 Å². The molecular formula is C30H29NO4. The number of ether oxygens (including phenoxy) is 2. The van der Waals surface area contributed by atoms with Crippen molar-refractivity contribution in [3.05, 3.63) is 108 Å². The molecule has 0 aromatic heterocycles. The van der Waals surface area contributed by atoms with Crippen molar-refractivity contribution in [1.29, 1.82) is 0 Å². The monoisotopic (exact) mass is 467 g/mol. The SMILES string of the molecule is CC(NC[C@@H]1C[C@H](c2ccc(OCC(=O)O)cc2)c2ccccc2O1)c1cccc2ccccc12. The summed E-state index contributed by atoms with van der Waals surface area (Å²) in [6.07, 6.45) is 0.872. The number of carboxylic acids is 1. The molecule has 5 rings (SSSR count). The molecule has 4 aromatic rings. The molecule has 0 amide bonds. The van der Waals surface area contributed by atoms with E-state index in [2.05, 4.69) is 60.8 Å². The third-order valence-corrected chi connectivity index (χ3v) is 6.67. The van der Waals surface area contributed by atoms with Crippen molar-refractivity contribution >= 4 is 16.7 Å². The topological polar surface area (TPSA) is 67.8 Å². The molecule has 1 aliphatic rings. The Hall–Kier alpha value is -3.83. The van der Waals surface area contributed by atoms with Crippen molar-refractivity contribution in [2.75, 3.05) is 13.2 Å². The zero-order valence-electron chi connectivity index (χ0n) is 19.7. The predicted molar refractivity (Wildman–Crippen MR) is 137 cm³/mol. The maximum Gasteiger partial charge on any atom is 0.341 e. The molecule has 0 radical (unpaired) electrons. The summed E-state index contributed by atoms with van der Waals surface area (Å²) in [5, 5.41) is 15.1. The summed E-state index contributed by atoms with van der Waals surface area (Å²) in [6.45, 7) is 2.59. The third-order valence-electron chi connectivity index (χ3n) is 6.67. The molecule has 4 aromatic carbocycles. The average Bonchev–Trinajstić information content (AvgIpc) is 2.90. The van der Waals surface area contributed by atoms with Crippen LogP contribution in [0.25, 0.3) is 10.8 Å². The fourth-order valence-electron chi connectivity index (χ4n) is 4.92. The molecule has 1 unspecified atom stereocenters. The number of carbonyl (C=O) groups is 1. The Labute approximate surface area is 205 Å². The fourth-order valence-corrected chi connectivity index (χ4v) is 4.92. The minimum Gasteiger partial charge on any atom is -0.489 e. The third kappa shape index (κ3) is 5.15. The van der Waals surface area contributed by atoms with Gasteiger partial charge in [-0.1, -0.05) is 72.8 Å².